The molecule has 17 heavy (non-hydrogen) atoms. The zero-order valence-corrected chi connectivity index (χ0v) is 11.5. The molecule has 1 heterocycles. The van der Waals surface area contributed by atoms with Crippen LogP contribution in [0.1, 0.15) is 40.0 Å². The smallest absolute Gasteiger partial charge is 0.223 e. The summed E-state index contributed by atoms with van der Waals surface area (Å²) in [7, 11) is 0. The predicted molar refractivity (Wildman–Crippen MR) is 71.9 cm³/mol. The number of amides is 1. The second-order valence-electron chi connectivity index (χ2n) is 5.86. The highest BCUT2D eigenvalue weighted by Crippen LogP contribution is 2.19. The Hall–Kier alpha value is -0.830. The van der Waals surface area contributed by atoms with Gasteiger partial charge in [-0.05, 0) is 52.6 Å². The average Bonchev–Trinajstić information content (AvgIpc) is 2.73. The van der Waals surface area contributed by atoms with Gasteiger partial charge >= 0.3 is 0 Å². The molecule has 3 heteroatoms. The third kappa shape index (κ3) is 4.50. The standard InChI is InChI=1S/C14H26N2O/c1-5-10-16(14(2,3)4)13(17)7-6-12-8-9-15-11-12/h5,12,15H,1,6-11H2,2-4H3. The van der Waals surface area contributed by atoms with Crippen LogP contribution in [-0.2, 0) is 4.79 Å². The monoisotopic (exact) mass is 238 g/mol. The molecule has 1 unspecified atom stereocenters. The molecule has 0 saturated carbocycles. The van der Waals surface area contributed by atoms with E-state index in [9.17, 15) is 4.79 Å². The summed E-state index contributed by atoms with van der Waals surface area (Å²) in [6.45, 7) is 12.8. The highest BCUT2D eigenvalue weighted by molar-refractivity contribution is 5.77. The van der Waals surface area contributed by atoms with E-state index in [0.717, 1.165) is 19.5 Å². The number of nitrogens with zero attached hydrogens (tertiary/aromatic N) is 1. The second-order valence-corrected chi connectivity index (χ2v) is 5.86. The molecule has 1 rings (SSSR count). The molecule has 1 fully saturated rings. The van der Waals surface area contributed by atoms with Gasteiger partial charge in [0.2, 0.25) is 5.91 Å². The Morgan fingerprint density at radius 1 is 1.53 bits per heavy atom. The largest absolute Gasteiger partial charge is 0.334 e. The van der Waals surface area contributed by atoms with Crippen molar-refractivity contribution in [1.82, 2.24) is 10.2 Å². The van der Waals surface area contributed by atoms with Crippen LogP contribution in [0.25, 0.3) is 0 Å². The molecule has 1 N–H and O–H groups in total. The molecule has 0 aromatic carbocycles. The molecule has 1 aliphatic heterocycles. The number of hydrogen-bond acceptors (Lipinski definition) is 2. The molecule has 1 atom stereocenters. The molecule has 0 radical (unpaired) electrons. The van der Waals surface area contributed by atoms with Crippen molar-refractivity contribution < 1.29 is 4.79 Å². The molecule has 0 aromatic heterocycles. The van der Waals surface area contributed by atoms with Crippen LogP contribution in [0.4, 0.5) is 0 Å². The zero-order chi connectivity index (χ0) is 12.9. The van der Waals surface area contributed by atoms with E-state index < -0.39 is 0 Å². The van der Waals surface area contributed by atoms with Crippen LogP contribution in [0.2, 0.25) is 0 Å². The van der Waals surface area contributed by atoms with Gasteiger partial charge in [-0.2, -0.15) is 0 Å². The maximum absolute atomic E-state index is 12.2. The van der Waals surface area contributed by atoms with Crippen molar-refractivity contribution in [2.75, 3.05) is 19.6 Å². The van der Waals surface area contributed by atoms with Gasteiger partial charge in [-0.25, -0.2) is 0 Å². The maximum Gasteiger partial charge on any atom is 0.223 e. The van der Waals surface area contributed by atoms with Crippen LogP contribution in [0.15, 0.2) is 12.7 Å². The van der Waals surface area contributed by atoms with E-state index >= 15 is 0 Å². The summed E-state index contributed by atoms with van der Waals surface area (Å²) in [4.78, 5) is 14.1. The third-order valence-electron chi connectivity index (χ3n) is 3.35. The van der Waals surface area contributed by atoms with E-state index in [-0.39, 0.29) is 11.4 Å². The number of hydrogen-bond donors (Lipinski definition) is 1. The first-order chi connectivity index (χ1) is 7.95. The Morgan fingerprint density at radius 2 is 2.24 bits per heavy atom. The molecule has 1 saturated heterocycles. The van der Waals surface area contributed by atoms with E-state index in [2.05, 4.69) is 32.7 Å². The van der Waals surface area contributed by atoms with Crippen LogP contribution in [0.5, 0.6) is 0 Å². The normalized spacial score (nSPS) is 20.3. The minimum atomic E-state index is -0.112. The second kappa shape index (κ2) is 6.20. The number of rotatable bonds is 5. The van der Waals surface area contributed by atoms with Gasteiger partial charge in [0.15, 0.2) is 0 Å². The first-order valence-corrected chi connectivity index (χ1v) is 6.57. The molecular formula is C14H26N2O. The fourth-order valence-corrected chi connectivity index (χ4v) is 2.30. The molecule has 1 amide bonds. The summed E-state index contributed by atoms with van der Waals surface area (Å²) >= 11 is 0. The summed E-state index contributed by atoms with van der Waals surface area (Å²) in [5, 5.41) is 3.34. The van der Waals surface area contributed by atoms with Crippen molar-refractivity contribution in [3.8, 4) is 0 Å². The quantitative estimate of drug-likeness (QED) is 0.745. The highest BCUT2D eigenvalue weighted by atomic mass is 16.2. The van der Waals surface area contributed by atoms with Crippen LogP contribution >= 0.6 is 0 Å². The average molecular weight is 238 g/mol. The van der Waals surface area contributed by atoms with Gasteiger partial charge < -0.3 is 10.2 Å². The van der Waals surface area contributed by atoms with Crippen molar-refractivity contribution in [1.29, 1.82) is 0 Å². The topological polar surface area (TPSA) is 32.3 Å². The zero-order valence-electron chi connectivity index (χ0n) is 11.5. The Bertz CT molecular complexity index is 262. The predicted octanol–water partition coefficient (Wildman–Crippen LogP) is 2.19. The fraction of sp³-hybridized carbons (Fsp3) is 0.786. The highest BCUT2D eigenvalue weighted by Gasteiger charge is 2.26. The van der Waals surface area contributed by atoms with Crippen molar-refractivity contribution >= 4 is 5.91 Å². The lowest BCUT2D eigenvalue weighted by Gasteiger charge is -2.35. The summed E-state index contributed by atoms with van der Waals surface area (Å²) in [5.74, 6) is 0.939. The van der Waals surface area contributed by atoms with Crippen molar-refractivity contribution in [2.45, 2.75) is 45.6 Å². The minimum Gasteiger partial charge on any atom is -0.334 e. The Morgan fingerprint density at radius 3 is 2.71 bits per heavy atom. The lowest BCUT2D eigenvalue weighted by Crippen LogP contribution is -2.45. The van der Waals surface area contributed by atoms with Gasteiger partial charge in [-0.3, -0.25) is 4.79 Å². The van der Waals surface area contributed by atoms with Crippen LogP contribution in [-0.4, -0.2) is 36.0 Å². The fourth-order valence-electron chi connectivity index (χ4n) is 2.30. The Balaban J connectivity index is 2.44. The van der Waals surface area contributed by atoms with Gasteiger partial charge in [-0.15, -0.1) is 6.58 Å². The SMILES string of the molecule is C=CCN(C(=O)CCC1CCNC1)C(C)(C)C. The van der Waals surface area contributed by atoms with E-state index in [1.807, 2.05) is 4.90 Å². The Labute approximate surface area is 105 Å². The van der Waals surface area contributed by atoms with Crippen molar-refractivity contribution in [2.24, 2.45) is 5.92 Å². The minimum absolute atomic E-state index is 0.112. The molecule has 0 spiro atoms. The van der Waals surface area contributed by atoms with Gasteiger partial charge in [-0.1, -0.05) is 6.08 Å². The van der Waals surface area contributed by atoms with Gasteiger partial charge in [0, 0.05) is 18.5 Å². The molecule has 3 nitrogen and oxygen atoms in total. The van der Waals surface area contributed by atoms with Crippen LogP contribution in [0.3, 0.4) is 0 Å². The molecule has 0 aromatic rings. The van der Waals surface area contributed by atoms with Crippen molar-refractivity contribution in [3.05, 3.63) is 12.7 Å². The first kappa shape index (κ1) is 14.2. The number of carbonyl (C=O) groups is 1. The summed E-state index contributed by atoms with van der Waals surface area (Å²) in [5.41, 5.74) is -0.112. The first-order valence-electron chi connectivity index (χ1n) is 6.57. The lowest BCUT2D eigenvalue weighted by molar-refractivity contribution is -0.135. The van der Waals surface area contributed by atoms with E-state index in [4.69, 9.17) is 0 Å². The molecular weight excluding hydrogens is 212 g/mol. The van der Waals surface area contributed by atoms with Gasteiger partial charge in [0.1, 0.15) is 0 Å². The maximum atomic E-state index is 12.2. The molecule has 98 valence electrons. The molecule has 0 bridgehead atoms. The Kier molecular flexibility index (Phi) is 5.19. The van der Waals surface area contributed by atoms with Crippen LogP contribution < -0.4 is 5.32 Å². The van der Waals surface area contributed by atoms with Gasteiger partial charge in [0.05, 0.1) is 0 Å². The van der Waals surface area contributed by atoms with Crippen LogP contribution in [0, 0.1) is 5.92 Å². The number of nitrogens with one attached hydrogen (secondary N) is 1. The summed E-state index contributed by atoms with van der Waals surface area (Å²) in [6.07, 6.45) is 4.69. The number of carbonyl (C=O) groups excluding carboxylic acids is 1. The van der Waals surface area contributed by atoms with E-state index in [0.29, 0.717) is 18.9 Å². The van der Waals surface area contributed by atoms with E-state index in [1.54, 1.807) is 6.08 Å². The lowest BCUT2D eigenvalue weighted by atomic mass is 10.00. The summed E-state index contributed by atoms with van der Waals surface area (Å²) in [6, 6.07) is 0. The third-order valence-corrected chi connectivity index (χ3v) is 3.35. The summed E-state index contributed by atoms with van der Waals surface area (Å²) < 4.78 is 0. The van der Waals surface area contributed by atoms with E-state index in [1.165, 1.54) is 6.42 Å². The molecule has 0 aliphatic carbocycles. The molecule has 1 aliphatic rings. The van der Waals surface area contributed by atoms with Crippen molar-refractivity contribution in [3.63, 3.8) is 0 Å². The van der Waals surface area contributed by atoms with Gasteiger partial charge in [0.25, 0.3) is 0 Å².